The summed E-state index contributed by atoms with van der Waals surface area (Å²) in [5, 5.41) is 2.97. The number of hydrogen-bond acceptors (Lipinski definition) is 3. The molecule has 1 N–H and O–H groups in total. The Morgan fingerprint density at radius 1 is 1.12 bits per heavy atom. The molecular formula is C21H26N2O2. The van der Waals surface area contributed by atoms with E-state index in [0.29, 0.717) is 13.0 Å². The fourth-order valence-corrected chi connectivity index (χ4v) is 3.13. The number of nitrogens with zero attached hydrogens (tertiary/aromatic N) is 1. The van der Waals surface area contributed by atoms with E-state index in [4.69, 9.17) is 4.74 Å². The number of aryl methyl sites for hydroxylation is 1. The molecule has 0 aliphatic carbocycles. The number of carbonyl (C=O) groups is 1. The molecule has 2 aromatic carbocycles. The molecule has 1 unspecified atom stereocenters. The van der Waals surface area contributed by atoms with Crippen molar-refractivity contribution in [3.8, 4) is 0 Å². The van der Waals surface area contributed by atoms with Crippen molar-refractivity contribution in [2.24, 2.45) is 0 Å². The van der Waals surface area contributed by atoms with Crippen LogP contribution < -0.4 is 5.32 Å². The molecule has 4 nitrogen and oxygen atoms in total. The third kappa shape index (κ3) is 5.41. The second kappa shape index (κ2) is 8.79. The van der Waals surface area contributed by atoms with Gasteiger partial charge in [0.1, 0.15) is 0 Å². The monoisotopic (exact) mass is 338 g/mol. The minimum Gasteiger partial charge on any atom is -0.375 e. The fraction of sp³-hybridized carbons (Fsp3) is 0.381. The lowest BCUT2D eigenvalue weighted by Crippen LogP contribution is -2.43. The van der Waals surface area contributed by atoms with E-state index in [1.54, 1.807) is 0 Å². The van der Waals surface area contributed by atoms with E-state index in [2.05, 4.69) is 41.4 Å². The zero-order valence-electron chi connectivity index (χ0n) is 14.8. The average molecular weight is 338 g/mol. The standard InChI is InChI=1S/C21H26N2O2/c1-2-17-8-10-19(11-9-17)22-21(24)14-20-16-23(12-13-25-20)15-18-6-4-3-5-7-18/h3-11,20H,2,12-16H2,1H3,(H,22,24). The third-order valence-electron chi connectivity index (χ3n) is 4.53. The Bertz CT molecular complexity index is 670. The van der Waals surface area contributed by atoms with Gasteiger partial charge in [-0.05, 0) is 29.7 Å². The van der Waals surface area contributed by atoms with E-state index in [9.17, 15) is 4.79 Å². The SMILES string of the molecule is CCc1ccc(NC(=O)CC2CN(Cc3ccccc3)CCO2)cc1. The summed E-state index contributed by atoms with van der Waals surface area (Å²) in [6, 6.07) is 18.4. The first-order chi connectivity index (χ1) is 12.2. The van der Waals surface area contributed by atoms with Crippen LogP contribution in [0.15, 0.2) is 54.6 Å². The van der Waals surface area contributed by atoms with Crippen LogP contribution in [-0.2, 0) is 22.5 Å². The number of nitrogens with one attached hydrogen (secondary N) is 1. The zero-order valence-corrected chi connectivity index (χ0v) is 14.8. The molecule has 0 spiro atoms. The average Bonchev–Trinajstić information content (AvgIpc) is 2.63. The summed E-state index contributed by atoms with van der Waals surface area (Å²) in [7, 11) is 0. The highest BCUT2D eigenvalue weighted by Gasteiger charge is 2.23. The molecule has 1 heterocycles. The van der Waals surface area contributed by atoms with Gasteiger partial charge >= 0.3 is 0 Å². The lowest BCUT2D eigenvalue weighted by molar-refractivity contribution is -0.121. The van der Waals surface area contributed by atoms with Crippen LogP contribution in [0.25, 0.3) is 0 Å². The van der Waals surface area contributed by atoms with Crippen molar-refractivity contribution in [2.75, 3.05) is 25.0 Å². The maximum atomic E-state index is 12.3. The first kappa shape index (κ1) is 17.6. The summed E-state index contributed by atoms with van der Waals surface area (Å²) >= 11 is 0. The van der Waals surface area contributed by atoms with Crippen molar-refractivity contribution in [1.82, 2.24) is 4.90 Å². The van der Waals surface area contributed by atoms with E-state index in [-0.39, 0.29) is 12.0 Å². The van der Waals surface area contributed by atoms with Gasteiger partial charge in [0, 0.05) is 25.3 Å². The number of hydrogen-bond donors (Lipinski definition) is 1. The predicted octanol–water partition coefficient (Wildman–Crippen LogP) is 3.48. The van der Waals surface area contributed by atoms with Crippen LogP contribution in [0.1, 0.15) is 24.5 Å². The summed E-state index contributed by atoms with van der Waals surface area (Å²) in [6.45, 7) is 5.40. The van der Waals surface area contributed by atoms with Crippen LogP contribution in [-0.4, -0.2) is 36.6 Å². The Balaban J connectivity index is 1.48. The predicted molar refractivity (Wildman–Crippen MR) is 101 cm³/mol. The van der Waals surface area contributed by atoms with Gasteiger partial charge in [-0.25, -0.2) is 0 Å². The molecule has 3 rings (SSSR count). The van der Waals surface area contributed by atoms with E-state index in [1.807, 2.05) is 30.3 Å². The summed E-state index contributed by atoms with van der Waals surface area (Å²) in [6.07, 6.45) is 1.34. The van der Waals surface area contributed by atoms with Gasteiger partial charge in [-0.15, -0.1) is 0 Å². The second-order valence-corrected chi connectivity index (χ2v) is 6.52. The molecule has 132 valence electrons. The van der Waals surface area contributed by atoms with Gasteiger partial charge in [0.15, 0.2) is 0 Å². The Morgan fingerprint density at radius 3 is 2.60 bits per heavy atom. The first-order valence-corrected chi connectivity index (χ1v) is 8.99. The maximum absolute atomic E-state index is 12.3. The normalized spacial score (nSPS) is 18.0. The van der Waals surface area contributed by atoms with Gasteiger partial charge in [0.05, 0.1) is 19.1 Å². The topological polar surface area (TPSA) is 41.6 Å². The molecule has 1 aliphatic heterocycles. The molecule has 2 aromatic rings. The molecule has 1 amide bonds. The fourth-order valence-electron chi connectivity index (χ4n) is 3.13. The summed E-state index contributed by atoms with van der Waals surface area (Å²) in [5.41, 5.74) is 3.41. The number of carbonyl (C=O) groups excluding carboxylic acids is 1. The number of rotatable bonds is 6. The van der Waals surface area contributed by atoms with Gasteiger partial charge in [-0.3, -0.25) is 9.69 Å². The highest BCUT2D eigenvalue weighted by atomic mass is 16.5. The van der Waals surface area contributed by atoms with Gasteiger partial charge in [-0.2, -0.15) is 0 Å². The van der Waals surface area contributed by atoms with Crippen molar-refractivity contribution < 1.29 is 9.53 Å². The van der Waals surface area contributed by atoms with E-state index in [1.165, 1.54) is 11.1 Å². The van der Waals surface area contributed by atoms with Crippen molar-refractivity contribution in [1.29, 1.82) is 0 Å². The lowest BCUT2D eigenvalue weighted by atomic mass is 10.1. The molecule has 1 atom stereocenters. The van der Waals surface area contributed by atoms with Crippen molar-refractivity contribution >= 4 is 11.6 Å². The molecule has 0 bridgehead atoms. The smallest absolute Gasteiger partial charge is 0.227 e. The van der Waals surface area contributed by atoms with Gasteiger partial charge in [-0.1, -0.05) is 49.4 Å². The molecule has 1 fully saturated rings. The third-order valence-corrected chi connectivity index (χ3v) is 4.53. The Kier molecular flexibility index (Phi) is 6.20. The number of amides is 1. The minimum atomic E-state index is -0.0487. The zero-order chi connectivity index (χ0) is 17.5. The second-order valence-electron chi connectivity index (χ2n) is 6.52. The van der Waals surface area contributed by atoms with Crippen LogP contribution >= 0.6 is 0 Å². The molecule has 4 heteroatoms. The molecular weight excluding hydrogens is 312 g/mol. The Labute approximate surface area is 149 Å². The van der Waals surface area contributed by atoms with Gasteiger partial charge in [0.2, 0.25) is 5.91 Å². The lowest BCUT2D eigenvalue weighted by Gasteiger charge is -2.32. The van der Waals surface area contributed by atoms with Crippen LogP contribution in [0, 0.1) is 0 Å². The quantitative estimate of drug-likeness (QED) is 0.877. The van der Waals surface area contributed by atoms with Crippen LogP contribution in [0.4, 0.5) is 5.69 Å². The molecule has 0 radical (unpaired) electrons. The van der Waals surface area contributed by atoms with E-state index in [0.717, 1.165) is 31.7 Å². The maximum Gasteiger partial charge on any atom is 0.227 e. The number of morpholine rings is 1. The Hall–Kier alpha value is -2.17. The Morgan fingerprint density at radius 2 is 1.88 bits per heavy atom. The molecule has 0 saturated carbocycles. The number of ether oxygens (including phenoxy) is 1. The van der Waals surface area contributed by atoms with E-state index < -0.39 is 0 Å². The molecule has 0 aromatic heterocycles. The largest absolute Gasteiger partial charge is 0.375 e. The van der Waals surface area contributed by atoms with Gasteiger partial charge in [0.25, 0.3) is 0 Å². The highest BCUT2D eigenvalue weighted by molar-refractivity contribution is 5.91. The number of benzene rings is 2. The van der Waals surface area contributed by atoms with Crippen LogP contribution in [0.2, 0.25) is 0 Å². The molecule has 1 saturated heterocycles. The van der Waals surface area contributed by atoms with Crippen molar-refractivity contribution in [3.63, 3.8) is 0 Å². The van der Waals surface area contributed by atoms with Crippen molar-refractivity contribution in [2.45, 2.75) is 32.4 Å². The van der Waals surface area contributed by atoms with E-state index >= 15 is 0 Å². The number of anilines is 1. The first-order valence-electron chi connectivity index (χ1n) is 8.99. The highest BCUT2D eigenvalue weighted by Crippen LogP contribution is 2.15. The van der Waals surface area contributed by atoms with Crippen LogP contribution in [0.3, 0.4) is 0 Å². The van der Waals surface area contributed by atoms with Crippen LogP contribution in [0.5, 0.6) is 0 Å². The summed E-state index contributed by atoms with van der Waals surface area (Å²) in [5.74, 6) is 0.0100. The van der Waals surface area contributed by atoms with Gasteiger partial charge < -0.3 is 10.1 Å². The molecule has 25 heavy (non-hydrogen) atoms. The summed E-state index contributed by atoms with van der Waals surface area (Å²) in [4.78, 5) is 14.6. The summed E-state index contributed by atoms with van der Waals surface area (Å²) < 4.78 is 5.79. The molecule has 1 aliphatic rings. The van der Waals surface area contributed by atoms with Crippen molar-refractivity contribution in [3.05, 3.63) is 65.7 Å². The minimum absolute atomic E-state index is 0.0100.